The zero-order chi connectivity index (χ0) is 29.9. The molecule has 0 bridgehead atoms. The number of fused-ring (bicyclic) bond motifs is 1. The Bertz CT molecular complexity index is 1130. The van der Waals surface area contributed by atoms with Crippen LogP contribution in [0.25, 0.3) is 0 Å². The molecule has 226 valence electrons. The fourth-order valence-corrected chi connectivity index (χ4v) is 4.79. The average molecular weight is 571 g/mol. The predicted molar refractivity (Wildman–Crippen MR) is 161 cm³/mol. The van der Waals surface area contributed by atoms with Gasteiger partial charge in [-0.3, -0.25) is 4.79 Å². The highest BCUT2D eigenvalue weighted by molar-refractivity contribution is 6.02. The normalized spacial score (nSPS) is 21.3. The standard InChI is InChI=1S/C31H46N4O6/c1-21-18-35(22(2)20-36)30(37)27-17-25(33-31(38)32-24-10-13-26(39-6)14-11-24)12-15-28(27)41-23(3)9-7-8-16-40-29(21)19-34(4)5/h10-15,17,21-23,29,36H,7-9,16,18-20H2,1-6H3,(H2,32,33,38)/t21-,22+,23+,29-/m1/s1. The number of nitrogens with one attached hydrogen (secondary N) is 2. The minimum Gasteiger partial charge on any atom is -0.497 e. The van der Waals surface area contributed by atoms with Crippen molar-refractivity contribution >= 4 is 23.3 Å². The molecule has 1 aliphatic heterocycles. The third kappa shape index (κ3) is 9.62. The van der Waals surface area contributed by atoms with Gasteiger partial charge in [0.2, 0.25) is 0 Å². The molecule has 1 aliphatic rings. The maximum Gasteiger partial charge on any atom is 0.323 e. The van der Waals surface area contributed by atoms with Gasteiger partial charge in [-0.2, -0.15) is 0 Å². The van der Waals surface area contributed by atoms with Crippen LogP contribution in [0.4, 0.5) is 16.2 Å². The Balaban J connectivity index is 1.91. The number of likely N-dealkylation sites (N-methyl/N-ethyl adjacent to an activating group) is 1. The molecule has 2 aromatic carbocycles. The number of carbonyl (C=O) groups is 2. The van der Waals surface area contributed by atoms with Gasteiger partial charge >= 0.3 is 6.03 Å². The first-order chi connectivity index (χ1) is 19.6. The van der Waals surface area contributed by atoms with Gasteiger partial charge < -0.3 is 39.8 Å². The number of aliphatic hydroxyl groups excluding tert-OH is 1. The number of ether oxygens (including phenoxy) is 3. The van der Waals surface area contributed by atoms with E-state index in [1.165, 1.54) is 0 Å². The number of amides is 3. The summed E-state index contributed by atoms with van der Waals surface area (Å²) in [5.74, 6) is 0.869. The van der Waals surface area contributed by atoms with E-state index in [1.807, 2.05) is 27.9 Å². The van der Waals surface area contributed by atoms with Crippen molar-refractivity contribution in [1.82, 2.24) is 9.80 Å². The van der Waals surface area contributed by atoms with Crippen LogP contribution in [-0.4, -0.2) is 92.6 Å². The number of urea groups is 1. The molecule has 4 atom stereocenters. The largest absolute Gasteiger partial charge is 0.497 e. The van der Waals surface area contributed by atoms with Crippen LogP contribution in [0.2, 0.25) is 0 Å². The number of benzene rings is 2. The predicted octanol–water partition coefficient (Wildman–Crippen LogP) is 4.70. The molecule has 1 heterocycles. The molecule has 0 saturated carbocycles. The second kappa shape index (κ2) is 15.6. The molecule has 10 nitrogen and oxygen atoms in total. The number of rotatable bonds is 7. The zero-order valence-corrected chi connectivity index (χ0v) is 25.2. The number of aliphatic hydroxyl groups is 1. The van der Waals surface area contributed by atoms with Gasteiger partial charge in [-0.05, 0) is 89.7 Å². The summed E-state index contributed by atoms with van der Waals surface area (Å²) < 4.78 is 17.7. The Morgan fingerprint density at radius 1 is 1.12 bits per heavy atom. The quantitative estimate of drug-likeness (QED) is 0.443. The van der Waals surface area contributed by atoms with Crippen molar-refractivity contribution in [3.8, 4) is 11.5 Å². The first kappa shape index (κ1) is 32.2. The van der Waals surface area contributed by atoms with E-state index in [4.69, 9.17) is 14.2 Å². The molecule has 0 saturated heterocycles. The lowest BCUT2D eigenvalue weighted by Gasteiger charge is -2.35. The molecule has 3 amide bonds. The number of hydrogen-bond donors (Lipinski definition) is 3. The molecular formula is C31H46N4O6. The van der Waals surface area contributed by atoms with Crippen LogP contribution in [0.3, 0.4) is 0 Å². The van der Waals surface area contributed by atoms with Crippen molar-refractivity contribution in [1.29, 1.82) is 0 Å². The number of nitrogens with zero attached hydrogens (tertiary/aromatic N) is 2. The smallest absolute Gasteiger partial charge is 0.323 e. The molecule has 0 aromatic heterocycles. The van der Waals surface area contributed by atoms with Gasteiger partial charge in [0.05, 0.1) is 37.5 Å². The molecule has 0 aliphatic carbocycles. The van der Waals surface area contributed by atoms with E-state index in [2.05, 4.69) is 22.5 Å². The first-order valence-corrected chi connectivity index (χ1v) is 14.3. The number of methoxy groups -OCH3 is 1. The van der Waals surface area contributed by atoms with E-state index in [0.717, 1.165) is 25.8 Å². The average Bonchev–Trinajstić information content (AvgIpc) is 2.94. The summed E-state index contributed by atoms with van der Waals surface area (Å²) in [6, 6.07) is 11.2. The molecule has 10 heteroatoms. The Morgan fingerprint density at radius 3 is 2.46 bits per heavy atom. The zero-order valence-electron chi connectivity index (χ0n) is 25.2. The Kier molecular flexibility index (Phi) is 12.2. The molecule has 0 spiro atoms. The van der Waals surface area contributed by atoms with Crippen LogP contribution in [0.15, 0.2) is 42.5 Å². The summed E-state index contributed by atoms with van der Waals surface area (Å²) in [5.41, 5.74) is 1.37. The van der Waals surface area contributed by atoms with Crippen LogP contribution < -0.4 is 20.1 Å². The molecule has 41 heavy (non-hydrogen) atoms. The topological polar surface area (TPSA) is 113 Å². The van der Waals surface area contributed by atoms with Gasteiger partial charge in [0, 0.05) is 37.0 Å². The molecule has 3 rings (SSSR count). The Hall–Kier alpha value is -3.34. The summed E-state index contributed by atoms with van der Waals surface area (Å²) in [5, 5.41) is 15.7. The van der Waals surface area contributed by atoms with Gasteiger partial charge in [-0.15, -0.1) is 0 Å². The molecular weight excluding hydrogens is 524 g/mol. The van der Waals surface area contributed by atoms with Gasteiger partial charge in [-0.1, -0.05) is 6.92 Å². The van der Waals surface area contributed by atoms with Crippen LogP contribution in [0.5, 0.6) is 11.5 Å². The lowest BCUT2D eigenvalue weighted by Crippen LogP contribution is -2.47. The number of hydrogen-bond acceptors (Lipinski definition) is 7. The maximum atomic E-state index is 14.1. The van der Waals surface area contributed by atoms with Crippen LogP contribution in [0.1, 0.15) is 50.4 Å². The van der Waals surface area contributed by atoms with Crippen LogP contribution in [-0.2, 0) is 4.74 Å². The summed E-state index contributed by atoms with van der Waals surface area (Å²) >= 11 is 0. The molecule has 2 aromatic rings. The fourth-order valence-electron chi connectivity index (χ4n) is 4.79. The highest BCUT2D eigenvalue weighted by Crippen LogP contribution is 2.28. The number of anilines is 2. The van der Waals surface area contributed by atoms with Crippen molar-refractivity contribution in [2.45, 2.75) is 58.3 Å². The van der Waals surface area contributed by atoms with Crippen molar-refractivity contribution in [3.63, 3.8) is 0 Å². The summed E-state index contributed by atoms with van der Waals surface area (Å²) in [6.45, 7) is 7.46. The van der Waals surface area contributed by atoms with Crippen molar-refractivity contribution in [2.75, 3.05) is 58.1 Å². The van der Waals surface area contributed by atoms with Crippen LogP contribution in [0, 0.1) is 5.92 Å². The third-order valence-electron chi connectivity index (χ3n) is 7.20. The van der Waals surface area contributed by atoms with Crippen LogP contribution >= 0.6 is 0 Å². The lowest BCUT2D eigenvalue weighted by atomic mass is 10.0. The molecule has 0 unspecified atom stereocenters. The Labute approximate surface area is 243 Å². The van der Waals surface area contributed by atoms with Gasteiger partial charge in [0.15, 0.2) is 0 Å². The number of carbonyl (C=O) groups excluding carboxylic acids is 2. The molecule has 3 N–H and O–H groups in total. The van der Waals surface area contributed by atoms with E-state index < -0.39 is 12.1 Å². The summed E-state index contributed by atoms with van der Waals surface area (Å²) in [6.07, 6.45) is 2.47. The monoisotopic (exact) mass is 570 g/mol. The van der Waals surface area contributed by atoms with E-state index in [9.17, 15) is 14.7 Å². The van der Waals surface area contributed by atoms with Crippen molar-refractivity contribution in [2.24, 2.45) is 5.92 Å². The van der Waals surface area contributed by atoms with Gasteiger partial charge in [0.25, 0.3) is 5.91 Å². The minimum atomic E-state index is -0.448. The highest BCUT2D eigenvalue weighted by atomic mass is 16.5. The van der Waals surface area contributed by atoms with E-state index in [1.54, 1.807) is 54.5 Å². The SMILES string of the molecule is COc1ccc(NC(=O)Nc2ccc3c(c2)C(=O)N([C@@H](C)CO)C[C@@H](C)[C@@H](CN(C)C)OCCCC[C@H](C)O3)cc1. The third-order valence-corrected chi connectivity index (χ3v) is 7.20. The second-order valence-corrected chi connectivity index (χ2v) is 11.1. The van der Waals surface area contributed by atoms with E-state index in [0.29, 0.717) is 41.6 Å². The molecule has 0 fully saturated rings. The summed E-state index contributed by atoms with van der Waals surface area (Å²) in [7, 11) is 5.60. The lowest BCUT2D eigenvalue weighted by molar-refractivity contribution is -0.0137. The van der Waals surface area contributed by atoms with Crippen molar-refractivity contribution < 1.29 is 28.9 Å². The highest BCUT2D eigenvalue weighted by Gasteiger charge is 2.30. The second-order valence-electron chi connectivity index (χ2n) is 11.1. The van der Waals surface area contributed by atoms with Gasteiger partial charge in [-0.25, -0.2) is 4.79 Å². The summed E-state index contributed by atoms with van der Waals surface area (Å²) in [4.78, 5) is 30.7. The minimum absolute atomic E-state index is 0.0122. The van der Waals surface area contributed by atoms with Crippen molar-refractivity contribution in [3.05, 3.63) is 48.0 Å². The Morgan fingerprint density at radius 2 is 1.80 bits per heavy atom. The fraction of sp³-hybridized carbons (Fsp3) is 0.548. The van der Waals surface area contributed by atoms with E-state index >= 15 is 0 Å². The van der Waals surface area contributed by atoms with E-state index in [-0.39, 0.29) is 30.6 Å². The molecule has 0 radical (unpaired) electrons. The first-order valence-electron chi connectivity index (χ1n) is 14.3. The van der Waals surface area contributed by atoms with Gasteiger partial charge in [0.1, 0.15) is 11.5 Å². The maximum absolute atomic E-state index is 14.1.